The fraction of sp³-hybridized carbons (Fsp3) is 0.571. The number of carbonyl (C=O) groups is 4. The SMILES string of the molecule is C#C.COC(=O)CNC(=O)C(C)(C)C(=O)N[C@H](C)C(=O)OC. The van der Waals surface area contributed by atoms with Gasteiger partial charge in [0.15, 0.2) is 0 Å². The van der Waals surface area contributed by atoms with Crippen molar-refractivity contribution in [3.63, 3.8) is 0 Å². The zero-order valence-corrected chi connectivity index (χ0v) is 13.4. The Bertz CT molecular complexity index is 442. The molecule has 2 amide bonds. The van der Waals surface area contributed by atoms with Crippen LogP contribution in [0.3, 0.4) is 0 Å². The molecule has 0 spiro atoms. The molecule has 0 unspecified atom stereocenters. The van der Waals surface area contributed by atoms with E-state index in [2.05, 4.69) is 33.0 Å². The van der Waals surface area contributed by atoms with Crippen LogP contribution in [-0.2, 0) is 28.7 Å². The minimum Gasteiger partial charge on any atom is -0.468 e. The minimum atomic E-state index is -1.45. The van der Waals surface area contributed by atoms with Crippen LogP contribution >= 0.6 is 0 Å². The minimum absolute atomic E-state index is 0.335. The van der Waals surface area contributed by atoms with Crippen LogP contribution in [0.1, 0.15) is 20.8 Å². The second kappa shape index (κ2) is 10.2. The molecule has 2 N–H and O–H groups in total. The summed E-state index contributed by atoms with van der Waals surface area (Å²) in [7, 11) is 2.38. The summed E-state index contributed by atoms with van der Waals surface area (Å²) in [5.74, 6) is -2.56. The number of hydrogen-bond acceptors (Lipinski definition) is 6. The van der Waals surface area contributed by atoms with Crippen LogP contribution < -0.4 is 10.6 Å². The Morgan fingerprint density at radius 1 is 1.05 bits per heavy atom. The maximum absolute atomic E-state index is 12.0. The van der Waals surface area contributed by atoms with Gasteiger partial charge in [-0.2, -0.15) is 0 Å². The van der Waals surface area contributed by atoms with Crippen LogP contribution in [0.2, 0.25) is 0 Å². The highest BCUT2D eigenvalue weighted by atomic mass is 16.5. The topological polar surface area (TPSA) is 111 Å². The molecule has 0 aromatic heterocycles. The highest BCUT2D eigenvalue weighted by molar-refractivity contribution is 6.05. The number of amides is 2. The van der Waals surface area contributed by atoms with Crippen molar-refractivity contribution in [1.29, 1.82) is 0 Å². The fourth-order valence-corrected chi connectivity index (χ4v) is 1.16. The molecule has 0 rings (SSSR count). The van der Waals surface area contributed by atoms with Crippen molar-refractivity contribution in [2.45, 2.75) is 26.8 Å². The van der Waals surface area contributed by atoms with E-state index in [1.165, 1.54) is 35.0 Å². The molecule has 8 nitrogen and oxygen atoms in total. The summed E-state index contributed by atoms with van der Waals surface area (Å²) in [5.41, 5.74) is -1.45. The van der Waals surface area contributed by atoms with Gasteiger partial charge in [0.1, 0.15) is 18.0 Å². The predicted octanol–water partition coefficient (Wildman–Crippen LogP) is -0.771. The Morgan fingerprint density at radius 2 is 1.55 bits per heavy atom. The molecule has 0 bridgehead atoms. The second-order valence-electron chi connectivity index (χ2n) is 4.60. The normalized spacial score (nSPS) is 11.0. The molecule has 22 heavy (non-hydrogen) atoms. The number of ether oxygens (including phenoxy) is 2. The molecular weight excluding hydrogens is 292 g/mol. The summed E-state index contributed by atoms with van der Waals surface area (Å²) in [4.78, 5) is 45.9. The molecule has 0 fully saturated rings. The maximum atomic E-state index is 12.0. The molecule has 0 saturated carbocycles. The molecule has 0 aromatic carbocycles. The van der Waals surface area contributed by atoms with Gasteiger partial charge in [0.2, 0.25) is 11.8 Å². The highest BCUT2D eigenvalue weighted by Gasteiger charge is 2.37. The van der Waals surface area contributed by atoms with E-state index >= 15 is 0 Å². The van der Waals surface area contributed by atoms with Crippen LogP contribution in [0.4, 0.5) is 0 Å². The lowest BCUT2D eigenvalue weighted by molar-refractivity contribution is -0.149. The smallest absolute Gasteiger partial charge is 0.328 e. The van der Waals surface area contributed by atoms with Crippen molar-refractivity contribution in [1.82, 2.24) is 10.6 Å². The first-order valence-corrected chi connectivity index (χ1v) is 6.24. The summed E-state index contributed by atoms with van der Waals surface area (Å²) in [5, 5.41) is 4.64. The third-order valence-corrected chi connectivity index (χ3v) is 2.66. The van der Waals surface area contributed by atoms with Crippen molar-refractivity contribution in [2.75, 3.05) is 20.8 Å². The first-order chi connectivity index (χ1) is 10.2. The average molecular weight is 314 g/mol. The first-order valence-electron chi connectivity index (χ1n) is 6.24. The van der Waals surface area contributed by atoms with Crippen molar-refractivity contribution < 1.29 is 28.7 Å². The average Bonchev–Trinajstić information content (AvgIpc) is 2.52. The number of nitrogens with one attached hydrogen (secondary N) is 2. The van der Waals surface area contributed by atoms with E-state index < -0.39 is 35.2 Å². The van der Waals surface area contributed by atoms with Gasteiger partial charge in [-0.05, 0) is 20.8 Å². The van der Waals surface area contributed by atoms with Crippen LogP contribution in [0.25, 0.3) is 0 Å². The van der Waals surface area contributed by atoms with Crippen LogP contribution in [-0.4, -0.2) is 50.6 Å². The lowest BCUT2D eigenvalue weighted by Crippen LogP contribution is -2.52. The van der Waals surface area contributed by atoms with Crippen LogP contribution in [0.5, 0.6) is 0 Å². The molecule has 8 heteroatoms. The van der Waals surface area contributed by atoms with Gasteiger partial charge in [0.05, 0.1) is 14.2 Å². The van der Waals surface area contributed by atoms with Crippen LogP contribution in [0, 0.1) is 18.3 Å². The first kappa shape index (κ1) is 21.7. The quantitative estimate of drug-likeness (QED) is 0.378. The van der Waals surface area contributed by atoms with E-state index in [9.17, 15) is 19.2 Å². The van der Waals surface area contributed by atoms with E-state index in [4.69, 9.17) is 0 Å². The van der Waals surface area contributed by atoms with Gasteiger partial charge >= 0.3 is 11.9 Å². The summed E-state index contributed by atoms with van der Waals surface area (Å²) >= 11 is 0. The number of hydrogen-bond donors (Lipinski definition) is 2. The number of carbonyl (C=O) groups excluding carboxylic acids is 4. The Hall–Kier alpha value is -2.56. The molecule has 0 aliphatic heterocycles. The van der Waals surface area contributed by atoms with Crippen LogP contribution in [0.15, 0.2) is 0 Å². The molecule has 0 heterocycles. The van der Waals surface area contributed by atoms with Crippen molar-refractivity contribution >= 4 is 23.8 Å². The van der Waals surface area contributed by atoms with Gasteiger partial charge in [-0.3, -0.25) is 14.4 Å². The third kappa shape index (κ3) is 6.74. The zero-order valence-electron chi connectivity index (χ0n) is 13.4. The Morgan fingerprint density at radius 3 is 1.95 bits per heavy atom. The molecule has 0 radical (unpaired) electrons. The molecule has 0 aliphatic rings. The Kier molecular flexibility index (Phi) is 10.1. The molecule has 0 aliphatic carbocycles. The molecule has 0 saturated heterocycles. The lowest BCUT2D eigenvalue weighted by atomic mass is 9.90. The van der Waals surface area contributed by atoms with E-state index in [1.54, 1.807) is 0 Å². The highest BCUT2D eigenvalue weighted by Crippen LogP contribution is 2.15. The molecule has 1 atom stereocenters. The van der Waals surface area contributed by atoms with E-state index in [0.717, 1.165) is 0 Å². The fourth-order valence-electron chi connectivity index (χ4n) is 1.16. The van der Waals surface area contributed by atoms with Crippen molar-refractivity contribution in [3.05, 3.63) is 0 Å². The molecule has 124 valence electrons. The maximum Gasteiger partial charge on any atom is 0.328 e. The number of esters is 2. The van der Waals surface area contributed by atoms with E-state index in [1.807, 2.05) is 0 Å². The molecule has 0 aromatic rings. The number of terminal acetylenes is 1. The largest absolute Gasteiger partial charge is 0.468 e. The number of methoxy groups -OCH3 is 2. The van der Waals surface area contributed by atoms with Gasteiger partial charge in [-0.1, -0.05) is 0 Å². The summed E-state index contributed by atoms with van der Waals surface area (Å²) in [6, 6.07) is -0.875. The zero-order chi connectivity index (χ0) is 17.9. The van der Waals surface area contributed by atoms with E-state index in [-0.39, 0.29) is 6.54 Å². The standard InChI is InChI=1S/C12H20N2O6.C2H2/c1-7(9(16)20-5)14-11(18)12(2,3)10(17)13-6-8(15)19-4;1-2/h7H,6H2,1-5H3,(H,13,17)(H,14,18);1-2H/t7-;/m1./s1. The lowest BCUT2D eigenvalue weighted by Gasteiger charge is -2.24. The van der Waals surface area contributed by atoms with Gasteiger partial charge in [0.25, 0.3) is 0 Å². The summed E-state index contributed by atoms with van der Waals surface area (Å²) < 4.78 is 8.83. The molecular formula is C14H22N2O6. The predicted molar refractivity (Wildman–Crippen MR) is 78.3 cm³/mol. The number of rotatable bonds is 6. The third-order valence-electron chi connectivity index (χ3n) is 2.66. The van der Waals surface area contributed by atoms with E-state index in [0.29, 0.717) is 0 Å². The van der Waals surface area contributed by atoms with Gasteiger partial charge < -0.3 is 20.1 Å². The van der Waals surface area contributed by atoms with Crippen molar-refractivity contribution in [2.24, 2.45) is 5.41 Å². The second-order valence-corrected chi connectivity index (χ2v) is 4.60. The van der Waals surface area contributed by atoms with Gasteiger partial charge in [0, 0.05) is 0 Å². The Labute approximate surface area is 129 Å². The Balaban J connectivity index is 0. The monoisotopic (exact) mass is 314 g/mol. The summed E-state index contributed by atoms with van der Waals surface area (Å²) in [6.07, 6.45) is 8.00. The summed E-state index contributed by atoms with van der Waals surface area (Å²) in [6.45, 7) is 3.85. The van der Waals surface area contributed by atoms with Gasteiger partial charge in [-0.15, -0.1) is 12.8 Å². The van der Waals surface area contributed by atoms with Crippen molar-refractivity contribution in [3.8, 4) is 12.8 Å². The van der Waals surface area contributed by atoms with Gasteiger partial charge in [-0.25, -0.2) is 4.79 Å².